The van der Waals surface area contributed by atoms with E-state index >= 15 is 0 Å². The van der Waals surface area contributed by atoms with Crippen molar-refractivity contribution in [3.63, 3.8) is 0 Å². The number of hydrogen-bond acceptors (Lipinski definition) is 2. The van der Waals surface area contributed by atoms with Gasteiger partial charge < -0.3 is 4.74 Å². The third kappa shape index (κ3) is 1.25. The maximum atomic E-state index is 5.94. The van der Waals surface area contributed by atoms with Crippen molar-refractivity contribution in [2.24, 2.45) is 7.05 Å². The SMILES string of the molecule is COc1c(Cl)ccc2cn(C)nc12. The molecule has 4 heteroatoms. The Kier molecular flexibility index (Phi) is 1.88. The van der Waals surface area contributed by atoms with E-state index in [2.05, 4.69) is 5.10 Å². The zero-order valence-electron chi connectivity index (χ0n) is 7.41. The average molecular weight is 197 g/mol. The number of aryl methyl sites for hydroxylation is 1. The average Bonchev–Trinajstić information content (AvgIpc) is 2.45. The Balaban J connectivity index is 2.82. The number of hydrogen-bond donors (Lipinski definition) is 0. The first-order valence-corrected chi connectivity index (χ1v) is 4.26. The second-order valence-corrected chi connectivity index (χ2v) is 3.23. The Morgan fingerprint density at radius 2 is 2.23 bits per heavy atom. The summed E-state index contributed by atoms with van der Waals surface area (Å²) in [5.74, 6) is 0.639. The molecule has 0 bridgehead atoms. The fourth-order valence-corrected chi connectivity index (χ4v) is 1.58. The van der Waals surface area contributed by atoms with Crippen molar-refractivity contribution in [1.29, 1.82) is 0 Å². The third-order valence-electron chi connectivity index (χ3n) is 1.90. The van der Waals surface area contributed by atoms with Crippen LogP contribution in [-0.4, -0.2) is 16.9 Å². The molecule has 68 valence electrons. The minimum Gasteiger partial charge on any atom is -0.493 e. The maximum Gasteiger partial charge on any atom is 0.165 e. The van der Waals surface area contributed by atoms with Gasteiger partial charge in [0.05, 0.1) is 12.1 Å². The highest BCUT2D eigenvalue weighted by atomic mass is 35.5. The van der Waals surface area contributed by atoms with Crippen molar-refractivity contribution in [2.75, 3.05) is 7.11 Å². The molecule has 0 spiro atoms. The van der Waals surface area contributed by atoms with Gasteiger partial charge in [-0.05, 0) is 12.1 Å². The first kappa shape index (κ1) is 8.38. The van der Waals surface area contributed by atoms with Crippen molar-refractivity contribution in [3.05, 3.63) is 23.4 Å². The molecule has 1 aromatic heterocycles. The molecule has 0 N–H and O–H groups in total. The predicted molar refractivity (Wildman–Crippen MR) is 52.3 cm³/mol. The number of halogens is 1. The molecule has 2 aromatic rings. The van der Waals surface area contributed by atoms with Gasteiger partial charge in [-0.1, -0.05) is 11.6 Å². The van der Waals surface area contributed by atoms with Crippen molar-refractivity contribution in [2.45, 2.75) is 0 Å². The quantitative estimate of drug-likeness (QED) is 0.700. The van der Waals surface area contributed by atoms with Crippen LogP contribution in [0.15, 0.2) is 18.3 Å². The van der Waals surface area contributed by atoms with Gasteiger partial charge in [-0.2, -0.15) is 5.10 Å². The minimum atomic E-state index is 0.591. The van der Waals surface area contributed by atoms with Gasteiger partial charge in [-0.25, -0.2) is 0 Å². The van der Waals surface area contributed by atoms with Gasteiger partial charge in [0.25, 0.3) is 0 Å². The first-order chi connectivity index (χ1) is 6.22. The molecule has 0 atom stereocenters. The Morgan fingerprint density at radius 3 is 2.92 bits per heavy atom. The van der Waals surface area contributed by atoms with Crippen molar-refractivity contribution in [1.82, 2.24) is 9.78 Å². The standard InChI is InChI=1S/C9H9ClN2O/c1-12-5-6-3-4-7(10)9(13-2)8(6)11-12/h3-5H,1-2H3. The lowest BCUT2D eigenvalue weighted by molar-refractivity contribution is 0.418. The fourth-order valence-electron chi connectivity index (χ4n) is 1.35. The molecule has 0 unspecified atom stereocenters. The molecular weight excluding hydrogens is 188 g/mol. The van der Waals surface area contributed by atoms with E-state index < -0.39 is 0 Å². The molecule has 0 aliphatic heterocycles. The van der Waals surface area contributed by atoms with Gasteiger partial charge in [0.15, 0.2) is 5.75 Å². The molecule has 1 aromatic carbocycles. The summed E-state index contributed by atoms with van der Waals surface area (Å²) in [5.41, 5.74) is 0.803. The largest absolute Gasteiger partial charge is 0.493 e. The van der Waals surface area contributed by atoms with E-state index in [1.165, 1.54) is 0 Å². The molecule has 0 radical (unpaired) electrons. The maximum absolute atomic E-state index is 5.94. The zero-order valence-corrected chi connectivity index (χ0v) is 8.17. The molecule has 0 fully saturated rings. The van der Waals surface area contributed by atoms with E-state index in [4.69, 9.17) is 16.3 Å². The van der Waals surface area contributed by atoms with Crippen molar-refractivity contribution < 1.29 is 4.74 Å². The Bertz CT molecular complexity index is 450. The third-order valence-corrected chi connectivity index (χ3v) is 2.20. The summed E-state index contributed by atoms with van der Waals surface area (Å²) >= 11 is 5.94. The van der Waals surface area contributed by atoms with Crippen LogP contribution in [0.2, 0.25) is 5.02 Å². The molecule has 1 heterocycles. The summed E-state index contributed by atoms with van der Waals surface area (Å²) in [6, 6.07) is 3.73. The smallest absolute Gasteiger partial charge is 0.165 e. The number of aromatic nitrogens is 2. The summed E-state index contributed by atoms with van der Waals surface area (Å²) in [4.78, 5) is 0. The number of benzene rings is 1. The molecular formula is C9H9ClN2O. The number of methoxy groups -OCH3 is 1. The molecule has 0 saturated heterocycles. The normalized spacial score (nSPS) is 10.7. The number of nitrogens with zero attached hydrogens (tertiary/aromatic N) is 2. The van der Waals surface area contributed by atoms with Crippen LogP contribution in [0, 0.1) is 0 Å². The van der Waals surface area contributed by atoms with Gasteiger partial charge in [0, 0.05) is 18.6 Å². The molecule has 0 saturated carbocycles. The van der Waals surface area contributed by atoms with Crippen LogP contribution in [0.5, 0.6) is 5.75 Å². The number of rotatable bonds is 1. The van der Waals surface area contributed by atoms with Crippen LogP contribution in [0.1, 0.15) is 0 Å². The Morgan fingerprint density at radius 1 is 1.46 bits per heavy atom. The molecule has 3 nitrogen and oxygen atoms in total. The van der Waals surface area contributed by atoms with Gasteiger partial charge >= 0.3 is 0 Å². The Hall–Kier alpha value is -1.22. The highest BCUT2D eigenvalue weighted by molar-refractivity contribution is 6.33. The highest BCUT2D eigenvalue weighted by Gasteiger charge is 2.08. The van der Waals surface area contributed by atoms with Crippen molar-refractivity contribution in [3.8, 4) is 5.75 Å². The number of ether oxygens (including phenoxy) is 1. The van der Waals surface area contributed by atoms with Crippen LogP contribution in [0.3, 0.4) is 0 Å². The lowest BCUT2D eigenvalue weighted by atomic mass is 10.2. The van der Waals surface area contributed by atoms with Gasteiger partial charge in [0.2, 0.25) is 0 Å². The second kappa shape index (κ2) is 2.92. The predicted octanol–water partition coefficient (Wildman–Crippen LogP) is 2.24. The summed E-state index contributed by atoms with van der Waals surface area (Å²) in [7, 11) is 3.46. The molecule has 2 rings (SSSR count). The van der Waals surface area contributed by atoms with Crippen LogP contribution in [0.4, 0.5) is 0 Å². The van der Waals surface area contributed by atoms with Crippen LogP contribution in [-0.2, 0) is 7.05 Å². The van der Waals surface area contributed by atoms with Crippen LogP contribution in [0.25, 0.3) is 10.9 Å². The lowest BCUT2D eigenvalue weighted by Gasteiger charge is -2.01. The summed E-state index contributed by atoms with van der Waals surface area (Å²) < 4.78 is 6.90. The van der Waals surface area contributed by atoms with Crippen LogP contribution < -0.4 is 4.74 Å². The molecule has 0 aliphatic carbocycles. The summed E-state index contributed by atoms with van der Waals surface area (Å²) in [6.07, 6.45) is 1.92. The number of fused-ring (bicyclic) bond motifs is 1. The van der Waals surface area contributed by atoms with E-state index in [1.54, 1.807) is 11.8 Å². The van der Waals surface area contributed by atoms with Crippen LogP contribution >= 0.6 is 11.6 Å². The van der Waals surface area contributed by atoms with E-state index in [1.807, 2.05) is 25.4 Å². The monoisotopic (exact) mass is 196 g/mol. The highest BCUT2D eigenvalue weighted by Crippen LogP contribution is 2.31. The lowest BCUT2D eigenvalue weighted by Crippen LogP contribution is -1.88. The topological polar surface area (TPSA) is 27.1 Å². The minimum absolute atomic E-state index is 0.591. The molecule has 13 heavy (non-hydrogen) atoms. The van der Waals surface area contributed by atoms with Crippen molar-refractivity contribution >= 4 is 22.5 Å². The molecule has 0 amide bonds. The van der Waals surface area contributed by atoms with Gasteiger partial charge in [0.1, 0.15) is 5.52 Å². The van der Waals surface area contributed by atoms with Gasteiger partial charge in [-0.15, -0.1) is 0 Å². The first-order valence-electron chi connectivity index (χ1n) is 3.88. The summed E-state index contributed by atoms with van der Waals surface area (Å²) in [6.45, 7) is 0. The van der Waals surface area contributed by atoms with E-state index in [-0.39, 0.29) is 0 Å². The van der Waals surface area contributed by atoms with E-state index in [0.29, 0.717) is 10.8 Å². The summed E-state index contributed by atoms with van der Waals surface area (Å²) in [5, 5.41) is 5.87. The zero-order chi connectivity index (χ0) is 9.42. The van der Waals surface area contributed by atoms with E-state index in [0.717, 1.165) is 10.9 Å². The Labute approximate surface area is 80.9 Å². The molecule has 0 aliphatic rings. The fraction of sp³-hybridized carbons (Fsp3) is 0.222. The van der Waals surface area contributed by atoms with E-state index in [9.17, 15) is 0 Å². The second-order valence-electron chi connectivity index (χ2n) is 2.82. The van der Waals surface area contributed by atoms with Gasteiger partial charge in [-0.3, -0.25) is 4.68 Å².